The molecule has 0 aliphatic heterocycles. The van der Waals surface area contributed by atoms with Crippen LogP contribution in [0.15, 0.2) is 18.2 Å². The standard InChI is InChI=1S/C16H17ClN2O4/c1-8-10-4-13(19-12(10)3-2-11(8)17)14(20)18-7-16(23)5-9(6-16)15(21)22/h2-4,9,19,23H,5-7H2,1H3,(H,18,20)(H,21,22). The quantitative estimate of drug-likeness (QED) is 0.686. The Morgan fingerprint density at radius 3 is 2.78 bits per heavy atom. The third kappa shape index (κ3) is 2.92. The van der Waals surface area contributed by atoms with Gasteiger partial charge in [0, 0.05) is 22.5 Å². The molecule has 23 heavy (non-hydrogen) atoms. The lowest BCUT2D eigenvalue weighted by atomic mass is 9.71. The highest BCUT2D eigenvalue weighted by atomic mass is 35.5. The SMILES string of the molecule is Cc1c(Cl)ccc2[nH]c(C(=O)NCC3(O)CC(C(=O)O)C3)cc12. The molecule has 1 aliphatic carbocycles. The van der Waals surface area contributed by atoms with E-state index >= 15 is 0 Å². The van der Waals surface area contributed by atoms with Crippen LogP contribution in [0, 0.1) is 12.8 Å². The molecule has 122 valence electrons. The molecule has 0 spiro atoms. The average molecular weight is 337 g/mol. The zero-order valence-electron chi connectivity index (χ0n) is 12.5. The molecule has 1 aliphatic rings. The van der Waals surface area contributed by atoms with Crippen molar-refractivity contribution >= 4 is 34.4 Å². The Kier molecular flexibility index (Phi) is 3.82. The number of carbonyl (C=O) groups excluding carboxylic acids is 1. The number of hydrogen-bond donors (Lipinski definition) is 4. The van der Waals surface area contributed by atoms with Crippen molar-refractivity contribution in [2.24, 2.45) is 5.92 Å². The highest BCUT2D eigenvalue weighted by Gasteiger charge is 2.46. The first kappa shape index (κ1) is 15.8. The minimum absolute atomic E-state index is 0.0325. The number of nitrogens with one attached hydrogen (secondary N) is 2. The molecule has 4 N–H and O–H groups in total. The number of fused-ring (bicyclic) bond motifs is 1. The summed E-state index contributed by atoms with van der Waals surface area (Å²) in [5, 5.41) is 23.1. The molecule has 1 saturated carbocycles. The van der Waals surface area contributed by atoms with Gasteiger partial charge in [-0.1, -0.05) is 11.6 Å². The van der Waals surface area contributed by atoms with E-state index in [0.29, 0.717) is 10.7 Å². The van der Waals surface area contributed by atoms with Crippen molar-refractivity contribution in [2.75, 3.05) is 6.54 Å². The Morgan fingerprint density at radius 2 is 2.13 bits per heavy atom. The first-order chi connectivity index (χ1) is 10.8. The molecule has 0 atom stereocenters. The molecule has 2 aromatic rings. The molecule has 1 aromatic carbocycles. The van der Waals surface area contributed by atoms with Gasteiger partial charge in [0.2, 0.25) is 0 Å². The van der Waals surface area contributed by atoms with Crippen LogP contribution in [0.4, 0.5) is 0 Å². The normalized spacial score (nSPS) is 23.5. The summed E-state index contributed by atoms with van der Waals surface area (Å²) in [4.78, 5) is 26.0. The molecule has 1 fully saturated rings. The number of aliphatic carboxylic acids is 1. The van der Waals surface area contributed by atoms with Crippen LogP contribution in [-0.2, 0) is 4.79 Å². The van der Waals surface area contributed by atoms with Gasteiger partial charge < -0.3 is 20.5 Å². The first-order valence-corrected chi connectivity index (χ1v) is 7.68. The summed E-state index contributed by atoms with van der Waals surface area (Å²) in [7, 11) is 0. The number of carboxylic acids is 1. The molecule has 1 heterocycles. The Labute approximate surface area is 137 Å². The summed E-state index contributed by atoms with van der Waals surface area (Å²) < 4.78 is 0. The van der Waals surface area contributed by atoms with Gasteiger partial charge >= 0.3 is 5.97 Å². The summed E-state index contributed by atoms with van der Waals surface area (Å²) in [5.41, 5.74) is 0.944. The van der Waals surface area contributed by atoms with Gasteiger partial charge in [-0.3, -0.25) is 9.59 Å². The van der Waals surface area contributed by atoms with Gasteiger partial charge in [0.15, 0.2) is 0 Å². The maximum Gasteiger partial charge on any atom is 0.306 e. The third-order valence-corrected chi connectivity index (χ3v) is 4.84. The molecule has 0 unspecified atom stereocenters. The largest absolute Gasteiger partial charge is 0.481 e. The monoisotopic (exact) mass is 336 g/mol. The van der Waals surface area contributed by atoms with Crippen LogP contribution >= 0.6 is 11.6 Å². The van der Waals surface area contributed by atoms with Crippen LogP contribution in [0.3, 0.4) is 0 Å². The number of carboxylic acid groups (broad SMARTS) is 1. The van der Waals surface area contributed by atoms with Gasteiger partial charge in [0.05, 0.1) is 11.5 Å². The molecule has 0 saturated heterocycles. The highest BCUT2D eigenvalue weighted by Crippen LogP contribution is 2.37. The Morgan fingerprint density at radius 1 is 1.43 bits per heavy atom. The minimum Gasteiger partial charge on any atom is -0.481 e. The maximum absolute atomic E-state index is 12.2. The van der Waals surface area contributed by atoms with Crippen LogP contribution in [0.2, 0.25) is 5.02 Å². The number of halogens is 1. The summed E-state index contributed by atoms with van der Waals surface area (Å²) in [6.07, 6.45) is 0.314. The smallest absolute Gasteiger partial charge is 0.306 e. The number of carbonyl (C=O) groups is 2. The van der Waals surface area contributed by atoms with Crippen molar-refractivity contribution in [3.63, 3.8) is 0 Å². The molecule has 7 heteroatoms. The molecular formula is C16H17ClN2O4. The topological polar surface area (TPSA) is 102 Å². The van der Waals surface area contributed by atoms with Crippen molar-refractivity contribution in [1.29, 1.82) is 0 Å². The molecule has 1 aromatic heterocycles. The van der Waals surface area contributed by atoms with Gasteiger partial charge in [0.25, 0.3) is 5.91 Å². The van der Waals surface area contributed by atoms with Crippen LogP contribution in [0.5, 0.6) is 0 Å². The summed E-state index contributed by atoms with van der Waals surface area (Å²) in [5.74, 6) is -1.79. The number of aromatic nitrogens is 1. The fourth-order valence-electron chi connectivity index (χ4n) is 2.96. The van der Waals surface area contributed by atoms with Crippen molar-refractivity contribution in [2.45, 2.75) is 25.4 Å². The van der Waals surface area contributed by atoms with E-state index < -0.39 is 17.5 Å². The summed E-state index contributed by atoms with van der Waals surface area (Å²) in [6, 6.07) is 5.29. The predicted octanol–water partition coefficient (Wildman–Crippen LogP) is 2.09. The van der Waals surface area contributed by atoms with Gasteiger partial charge in [-0.15, -0.1) is 0 Å². The third-order valence-electron chi connectivity index (χ3n) is 4.43. The van der Waals surface area contributed by atoms with E-state index in [9.17, 15) is 14.7 Å². The molecular weight excluding hydrogens is 320 g/mol. The molecule has 0 bridgehead atoms. The van der Waals surface area contributed by atoms with E-state index in [-0.39, 0.29) is 25.3 Å². The summed E-state index contributed by atoms with van der Waals surface area (Å²) in [6.45, 7) is 1.91. The lowest BCUT2D eigenvalue weighted by molar-refractivity contribution is -0.157. The Balaban J connectivity index is 1.67. The van der Waals surface area contributed by atoms with Gasteiger partial charge in [-0.05, 0) is 43.5 Å². The molecule has 1 amide bonds. The number of H-pyrrole nitrogens is 1. The van der Waals surface area contributed by atoms with Gasteiger partial charge in [0.1, 0.15) is 5.69 Å². The fraction of sp³-hybridized carbons (Fsp3) is 0.375. The van der Waals surface area contributed by atoms with E-state index in [1.54, 1.807) is 18.2 Å². The van der Waals surface area contributed by atoms with E-state index in [0.717, 1.165) is 16.5 Å². The fourth-order valence-corrected chi connectivity index (χ4v) is 3.13. The number of hydrogen-bond acceptors (Lipinski definition) is 3. The summed E-state index contributed by atoms with van der Waals surface area (Å²) >= 11 is 6.07. The molecule has 6 nitrogen and oxygen atoms in total. The van der Waals surface area contributed by atoms with Crippen LogP contribution in [0.1, 0.15) is 28.9 Å². The zero-order chi connectivity index (χ0) is 16.8. The average Bonchev–Trinajstić information content (AvgIpc) is 2.90. The van der Waals surface area contributed by atoms with Gasteiger partial charge in [-0.25, -0.2) is 0 Å². The van der Waals surface area contributed by atoms with Crippen LogP contribution in [0.25, 0.3) is 10.9 Å². The first-order valence-electron chi connectivity index (χ1n) is 7.30. The lowest BCUT2D eigenvalue weighted by Gasteiger charge is -2.41. The van der Waals surface area contributed by atoms with Crippen LogP contribution in [-0.4, -0.2) is 39.2 Å². The minimum atomic E-state index is -1.13. The molecule has 0 radical (unpaired) electrons. The Bertz CT molecular complexity index is 793. The van der Waals surface area contributed by atoms with Gasteiger partial charge in [-0.2, -0.15) is 0 Å². The van der Waals surface area contributed by atoms with Crippen molar-refractivity contribution in [3.8, 4) is 0 Å². The van der Waals surface area contributed by atoms with Crippen LogP contribution < -0.4 is 5.32 Å². The second-order valence-electron chi connectivity index (χ2n) is 6.17. The number of rotatable bonds is 4. The number of benzene rings is 1. The second-order valence-corrected chi connectivity index (χ2v) is 6.57. The van der Waals surface area contributed by atoms with Crippen molar-refractivity contribution in [1.82, 2.24) is 10.3 Å². The second kappa shape index (κ2) is 5.54. The predicted molar refractivity (Wildman–Crippen MR) is 85.7 cm³/mol. The number of aryl methyl sites for hydroxylation is 1. The number of aromatic amines is 1. The molecule has 3 rings (SSSR count). The van der Waals surface area contributed by atoms with Crippen molar-refractivity contribution < 1.29 is 19.8 Å². The van der Waals surface area contributed by atoms with E-state index in [1.807, 2.05) is 6.92 Å². The van der Waals surface area contributed by atoms with E-state index in [4.69, 9.17) is 16.7 Å². The van der Waals surface area contributed by atoms with Crippen molar-refractivity contribution in [3.05, 3.63) is 34.5 Å². The maximum atomic E-state index is 12.2. The zero-order valence-corrected chi connectivity index (χ0v) is 13.3. The lowest BCUT2D eigenvalue weighted by Crippen LogP contribution is -2.54. The van der Waals surface area contributed by atoms with E-state index in [1.165, 1.54) is 0 Å². The number of amides is 1. The Hall–Kier alpha value is -2.05. The highest BCUT2D eigenvalue weighted by molar-refractivity contribution is 6.32. The number of aliphatic hydroxyl groups is 1. The van der Waals surface area contributed by atoms with E-state index in [2.05, 4.69) is 10.3 Å².